The second-order valence-corrected chi connectivity index (χ2v) is 6.22. The van der Waals surface area contributed by atoms with Crippen molar-refractivity contribution in [2.24, 2.45) is 0 Å². The van der Waals surface area contributed by atoms with Gasteiger partial charge in [-0.05, 0) is 44.2 Å². The highest BCUT2D eigenvalue weighted by molar-refractivity contribution is 6.35. The van der Waals surface area contributed by atoms with E-state index in [9.17, 15) is 4.79 Å². The summed E-state index contributed by atoms with van der Waals surface area (Å²) in [4.78, 5) is 12.5. The van der Waals surface area contributed by atoms with Crippen LogP contribution in [0.25, 0.3) is 0 Å². The molecule has 0 unspecified atom stereocenters. The minimum absolute atomic E-state index is 0.00161. The van der Waals surface area contributed by atoms with Gasteiger partial charge in [-0.25, -0.2) is 0 Å². The van der Waals surface area contributed by atoms with Gasteiger partial charge in [-0.2, -0.15) is 0 Å². The van der Waals surface area contributed by atoms with E-state index >= 15 is 0 Å². The van der Waals surface area contributed by atoms with Crippen LogP contribution in [0, 0.1) is 6.92 Å². The number of carbonyl (C=O) groups is 1. The number of aryl methyl sites for hydroxylation is 1. The van der Waals surface area contributed by atoms with Crippen LogP contribution in [-0.4, -0.2) is 18.0 Å². The molecule has 0 radical (unpaired) electrons. The van der Waals surface area contributed by atoms with Crippen LogP contribution in [0.4, 0.5) is 5.69 Å². The van der Waals surface area contributed by atoms with Crippen LogP contribution >= 0.6 is 11.6 Å². The van der Waals surface area contributed by atoms with E-state index in [0.717, 1.165) is 36.9 Å². The fourth-order valence-corrected chi connectivity index (χ4v) is 2.88. The molecule has 22 heavy (non-hydrogen) atoms. The molecule has 1 rings (SSSR count). The molecule has 1 aromatic rings. The summed E-state index contributed by atoms with van der Waals surface area (Å²) in [6.45, 7) is 11.1. The first-order valence-corrected chi connectivity index (χ1v) is 8.67. The van der Waals surface area contributed by atoms with Crippen LogP contribution in [-0.2, 0) is 0 Å². The molecule has 1 aromatic carbocycles. The van der Waals surface area contributed by atoms with Gasteiger partial charge in [0.2, 0.25) is 0 Å². The van der Waals surface area contributed by atoms with Gasteiger partial charge in [0.05, 0.1) is 10.6 Å². The zero-order valence-corrected chi connectivity index (χ0v) is 15.2. The van der Waals surface area contributed by atoms with Gasteiger partial charge in [0.15, 0.2) is 0 Å². The maximum atomic E-state index is 12.5. The van der Waals surface area contributed by atoms with Crippen LogP contribution in [0.5, 0.6) is 0 Å². The second kappa shape index (κ2) is 8.42. The van der Waals surface area contributed by atoms with Gasteiger partial charge in [-0.3, -0.25) is 4.79 Å². The molecule has 1 amide bonds. The van der Waals surface area contributed by atoms with Crippen molar-refractivity contribution in [3.05, 3.63) is 28.3 Å². The van der Waals surface area contributed by atoms with Gasteiger partial charge < -0.3 is 10.6 Å². The van der Waals surface area contributed by atoms with Crippen molar-refractivity contribution in [2.45, 2.75) is 65.8 Å². The van der Waals surface area contributed by atoms with E-state index in [1.807, 2.05) is 26.0 Å². The largest absolute Gasteiger partial charge is 0.379 e. The molecule has 0 aliphatic heterocycles. The summed E-state index contributed by atoms with van der Waals surface area (Å²) in [7, 11) is 0. The summed E-state index contributed by atoms with van der Waals surface area (Å²) in [6, 6.07) is 3.94. The molecule has 0 aliphatic carbocycles. The molecule has 0 spiro atoms. The Bertz CT molecular complexity index is 502. The number of hydrogen-bond donors (Lipinski definition) is 2. The van der Waals surface area contributed by atoms with Gasteiger partial charge in [0.1, 0.15) is 0 Å². The highest BCUT2D eigenvalue weighted by atomic mass is 35.5. The maximum Gasteiger partial charge on any atom is 0.254 e. The lowest BCUT2D eigenvalue weighted by atomic mass is 9.89. The van der Waals surface area contributed by atoms with Crippen LogP contribution < -0.4 is 10.6 Å². The summed E-state index contributed by atoms with van der Waals surface area (Å²) < 4.78 is 0. The van der Waals surface area contributed by atoms with Crippen LogP contribution in [0.15, 0.2) is 12.1 Å². The average Bonchev–Trinajstić information content (AvgIpc) is 2.54. The molecule has 0 aromatic heterocycles. The predicted molar refractivity (Wildman–Crippen MR) is 96.0 cm³/mol. The third-order valence-corrected chi connectivity index (χ3v) is 5.01. The van der Waals surface area contributed by atoms with E-state index < -0.39 is 0 Å². The smallest absolute Gasteiger partial charge is 0.254 e. The van der Waals surface area contributed by atoms with Crippen LogP contribution in [0.2, 0.25) is 5.02 Å². The number of carbonyl (C=O) groups excluding carboxylic acids is 1. The highest BCUT2D eigenvalue weighted by Crippen LogP contribution is 2.32. The van der Waals surface area contributed by atoms with E-state index in [4.69, 9.17) is 11.6 Å². The minimum Gasteiger partial charge on any atom is -0.379 e. The Morgan fingerprint density at radius 2 is 1.73 bits per heavy atom. The second-order valence-electron chi connectivity index (χ2n) is 5.84. The molecule has 0 fully saturated rings. The molecule has 0 aliphatic rings. The maximum absolute atomic E-state index is 12.5. The lowest BCUT2D eigenvalue weighted by molar-refractivity contribution is 0.0954. The quantitative estimate of drug-likeness (QED) is 0.692. The Morgan fingerprint density at radius 3 is 2.23 bits per heavy atom. The Labute approximate surface area is 139 Å². The monoisotopic (exact) mass is 324 g/mol. The van der Waals surface area contributed by atoms with Gasteiger partial charge in [-0.15, -0.1) is 0 Å². The van der Waals surface area contributed by atoms with Crippen molar-refractivity contribution in [1.29, 1.82) is 0 Å². The Kier molecular flexibility index (Phi) is 7.21. The van der Waals surface area contributed by atoms with E-state index in [2.05, 4.69) is 31.4 Å². The third-order valence-electron chi connectivity index (χ3n) is 4.53. The molecular formula is C18H29ClN2O. The first-order valence-electron chi connectivity index (χ1n) is 8.30. The van der Waals surface area contributed by atoms with Gasteiger partial charge in [0, 0.05) is 17.8 Å². The van der Waals surface area contributed by atoms with Crippen molar-refractivity contribution in [1.82, 2.24) is 5.32 Å². The number of benzene rings is 1. The molecule has 0 heterocycles. The van der Waals surface area contributed by atoms with Gasteiger partial charge in [-0.1, -0.05) is 45.4 Å². The Morgan fingerprint density at radius 1 is 1.14 bits per heavy atom. The molecule has 0 atom stereocenters. The van der Waals surface area contributed by atoms with Gasteiger partial charge in [0.25, 0.3) is 5.91 Å². The van der Waals surface area contributed by atoms with E-state index in [0.29, 0.717) is 17.1 Å². The van der Waals surface area contributed by atoms with Crippen LogP contribution in [0.3, 0.4) is 0 Å². The topological polar surface area (TPSA) is 41.1 Å². The first kappa shape index (κ1) is 18.8. The summed E-state index contributed by atoms with van der Waals surface area (Å²) in [5.41, 5.74) is 2.31. The van der Waals surface area contributed by atoms with E-state index in [1.54, 1.807) is 0 Å². The zero-order valence-electron chi connectivity index (χ0n) is 14.5. The van der Waals surface area contributed by atoms with Crippen molar-refractivity contribution >= 4 is 23.2 Å². The van der Waals surface area contributed by atoms with E-state index in [1.165, 1.54) is 0 Å². The summed E-state index contributed by atoms with van der Waals surface area (Å²) in [5.74, 6) is -0.102. The van der Waals surface area contributed by atoms with Crippen molar-refractivity contribution in [2.75, 3.05) is 11.9 Å². The lowest BCUT2D eigenvalue weighted by Gasteiger charge is -2.34. The third kappa shape index (κ3) is 4.16. The number of hydrogen-bond acceptors (Lipinski definition) is 2. The average molecular weight is 325 g/mol. The summed E-state index contributed by atoms with van der Waals surface area (Å²) >= 11 is 6.43. The predicted octanol–water partition coefficient (Wildman–Crippen LogP) is 5.17. The standard InChI is InChI=1S/C18H29ClN2O/c1-6-12-20-17(22)15-14(11-10-13(5)16(15)19)21-18(7-2,8-3)9-4/h10-11,21H,6-9,12H2,1-5H3,(H,20,22). The molecule has 2 N–H and O–H groups in total. The highest BCUT2D eigenvalue weighted by Gasteiger charge is 2.26. The fourth-order valence-electron chi connectivity index (χ4n) is 2.63. The molecule has 124 valence electrons. The SMILES string of the molecule is CCCNC(=O)c1c(NC(CC)(CC)CC)ccc(C)c1Cl. The minimum atomic E-state index is -0.102. The molecule has 0 saturated heterocycles. The van der Waals surface area contributed by atoms with Crippen molar-refractivity contribution < 1.29 is 4.79 Å². The Hall–Kier alpha value is -1.22. The van der Waals surface area contributed by atoms with E-state index in [-0.39, 0.29) is 11.4 Å². The number of amides is 1. The molecule has 0 saturated carbocycles. The number of rotatable bonds is 8. The normalized spacial score (nSPS) is 11.4. The van der Waals surface area contributed by atoms with Gasteiger partial charge >= 0.3 is 0 Å². The number of nitrogens with one attached hydrogen (secondary N) is 2. The lowest BCUT2D eigenvalue weighted by Crippen LogP contribution is -2.37. The summed E-state index contributed by atoms with van der Waals surface area (Å²) in [6.07, 6.45) is 3.91. The molecule has 0 bridgehead atoms. The number of halogens is 1. The number of anilines is 1. The molecule has 3 nitrogen and oxygen atoms in total. The zero-order chi connectivity index (χ0) is 16.8. The van der Waals surface area contributed by atoms with Crippen molar-refractivity contribution in [3.63, 3.8) is 0 Å². The first-order chi connectivity index (χ1) is 10.4. The molecule has 4 heteroatoms. The fraction of sp³-hybridized carbons (Fsp3) is 0.611. The van der Waals surface area contributed by atoms with Crippen molar-refractivity contribution in [3.8, 4) is 0 Å². The Balaban J connectivity index is 3.24. The van der Waals surface area contributed by atoms with Crippen LogP contribution in [0.1, 0.15) is 69.3 Å². The molecular weight excluding hydrogens is 296 g/mol. The summed E-state index contributed by atoms with van der Waals surface area (Å²) in [5, 5.41) is 7.06.